The summed E-state index contributed by atoms with van der Waals surface area (Å²) in [5, 5.41) is 2.44. The highest BCUT2D eigenvalue weighted by Gasteiger charge is 2.27. The number of thiazole rings is 2. The fraction of sp³-hybridized carbons (Fsp3) is 0. The van der Waals surface area contributed by atoms with E-state index in [9.17, 15) is 13.2 Å². The minimum atomic E-state index is -4.00. The number of nitrogens with two attached hydrogens (primary N) is 1. The van der Waals surface area contributed by atoms with Gasteiger partial charge in [-0.25, -0.2) is 18.4 Å². The summed E-state index contributed by atoms with van der Waals surface area (Å²) in [6.45, 7) is 0. The Bertz CT molecular complexity index is 1250. The molecular weight excluding hydrogens is 418 g/mol. The van der Waals surface area contributed by atoms with Crippen molar-refractivity contribution in [1.82, 2.24) is 19.9 Å². The topological polar surface area (TPSA) is 129 Å². The van der Waals surface area contributed by atoms with Crippen molar-refractivity contribution >= 4 is 38.4 Å². The normalized spacial score (nSPS) is 11.4. The van der Waals surface area contributed by atoms with Crippen LogP contribution in [0.5, 0.6) is 0 Å². The molecule has 0 aliphatic rings. The van der Waals surface area contributed by atoms with E-state index < -0.39 is 15.7 Å². The van der Waals surface area contributed by atoms with E-state index in [0.717, 1.165) is 11.3 Å². The van der Waals surface area contributed by atoms with E-state index in [4.69, 9.17) is 5.73 Å². The molecule has 4 rings (SSSR count). The summed E-state index contributed by atoms with van der Waals surface area (Å²) in [5.74, 6) is -0.750. The van der Waals surface area contributed by atoms with Gasteiger partial charge in [-0.1, -0.05) is 11.3 Å². The van der Waals surface area contributed by atoms with Crippen molar-refractivity contribution < 1.29 is 13.2 Å². The van der Waals surface area contributed by atoms with Crippen molar-refractivity contribution in [2.24, 2.45) is 5.73 Å². The zero-order valence-corrected chi connectivity index (χ0v) is 16.5. The van der Waals surface area contributed by atoms with Crippen molar-refractivity contribution in [3.05, 3.63) is 59.4 Å². The third-order valence-corrected chi connectivity index (χ3v) is 7.71. The number of hydrogen-bond donors (Lipinski definition) is 1. The second kappa shape index (κ2) is 7.19. The van der Waals surface area contributed by atoms with Crippen molar-refractivity contribution in [2.75, 3.05) is 0 Å². The maximum absolute atomic E-state index is 13.1. The first kappa shape index (κ1) is 18.3. The Hall–Kier alpha value is -3.02. The van der Waals surface area contributed by atoms with E-state index in [1.165, 1.54) is 42.2 Å². The Morgan fingerprint density at radius 3 is 2.50 bits per heavy atom. The SMILES string of the molecule is NC(=O)c1sc(S(=O)(=O)c2cncc(-c3nccs3)c2)nc1-c1ccncc1. The van der Waals surface area contributed by atoms with E-state index in [0.29, 0.717) is 16.1 Å². The van der Waals surface area contributed by atoms with Gasteiger partial charge in [-0.15, -0.1) is 11.3 Å². The van der Waals surface area contributed by atoms with Gasteiger partial charge in [0.25, 0.3) is 5.91 Å². The van der Waals surface area contributed by atoms with Gasteiger partial charge in [0.05, 0.1) is 10.6 Å². The molecule has 0 aliphatic heterocycles. The Labute approximate surface area is 167 Å². The molecule has 4 heterocycles. The first-order valence-corrected chi connectivity index (χ1v) is 11.0. The first-order valence-electron chi connectivity index (χ1n) is 7.78. The molecule has 0 saturated carbocycles. The Morgan fingerprint density at radius 1 is 1.04 bits per heavy atom. The standard InChI is InChI=1S/C17H11N5O3S3/c18-15(23)14-13(10-1-3-19-4-2-10)22-17(27-14)28(24,25)12-7-11(8-20-9-12)16-21-5-6-26-16/h1-9H,(H2,18,23). The van der Waals surface area contributed by atoms with Crippen LogP contribution in [-0.4, -0.2) is 34.3 Å². The molecule has 2 N–H and O–H groups in total. The molecule has 0 aromatic carbocycles. The summed E-state index contributed by atoms with van der Waals surface area (Å²) in [4.78, 5) is 28.2. The van der Waals surface area contributed by atoms with Crippen LogP contribution in [0.4, 0.5) is 0 Å². The third kappa shape index (κ3) is 3.30. The molecule has 0 radical (unpaired) electrons. The van der Waals surface area contributed by atoms with E-state index >= 15 is 0 Å². The molecule has 140 valence electrons. The van der Waals surface area contributed by atoms with E-state index in [2.05, 4.69) is 19.9 Å². The van der Waals surface area contributed by atoms with Crippen molar-refractivity contribution in [2.45, 2.75) is 9.24 Å². The third-order valence-electron chi connectivity index (χ3n) is 3.72. The zero-order valence-electron chi connectivity index (χ0n) is 14.0. The molecule has 28 heavy (non-hydrogen) atoms. The molecule has 0 unspecified atom stereocenters. The van der Waals surface area contributed by atoms with Gasteiger partial charge in [-0.05, 0) is 18.2 Å². The van der Waals surface area contributed by atoms with Crippen LogP contribution in [0.3, 0.4) is 0 Å². The van der Waals surface area contributed by atoms with Crippen LogP contribution in [0.1, 0.15) is 9.67 Å². The number of sulfone groups is 1. The molecule has 0 fully saturated rings. The van der Waals surface area contributed by atoms with Crippen LogP contribution < -0.4 is 5.73 Å². The second-order valence-electron chi connectivity index (χ2n) is 5.51. The first-order chi connectivity index (χ1) is 13.5. The summed E-state index contributed by atoms with van der Waals surface area (Å²) < 4.78 is 26.0. The van der Waals surface area contributed by atoms with Gasteiger partial charge in [-0.2, -0.15) is 0 Å². The summed E-state index contributed by atoms with van der Waals surface area (Å²) in [6, 6.07) is 4.74. The lowest BCUT2D eigenvalue weighted by molar-refractivity contribution is 0.100. The average Bonchev–Trinajstić information content (AvgIpc) is 3.39. The number of primary amides is 1. The lowest BCUT2D eigenvalue weighted by Crippen LogP contribution is -2.10. The van der Waals surface area contributed by atoms with E-state index in [1.54, 1.807) is 23.7 Å². The van der Waals surface area contributed by atoms with E-state index in [1.807, 2.05) is 0 Å². The monoisotopic (exact) mass is 429 g/mol. The highest BCUT2D eigenvalue weighted by Crippen LogP contribution is 2.34. The molecule has 4 aromatic rings. The van der Waals surface area contributed by atoms with Crippen molar-refractivity contribution in [3.63, 3.8) is 0 Å². The van der Waals surface area contributed by atoms with Gasteiger partial charge in [-0.3, -0.25) is 14.8 Å². The van der Waals surface area contributed by atoms with Gasteiger partial charge in [0.1, 0.15) is 9.88 Å². The minimum Gasteiger partial charge on any atom is -0.365 e. The zero-order chi connectivity index (χ0) is 19.7. The molecule has 4 aromatic heterocycles. The molecular formula is C17H11N5O3S3. The number of hydrogen-bond acceptors (Lipinski definition) is 9. The van der Waals surface area contributed by atoms with Gasteiger partial charge in [0, 0.05) is 47.5 Å². The van der Waals surface area contributed by atoms with Crippen LogP contribution >= 0.6 is 22.7 Å². The van der Waals surface area contributed by atoms with Crippen LogP contribution in [-0.2, 0) is 9.84 Å². The summed E-state index contributed by atoms with van der Waals surface area (Å²) >= 11 is 2.11. The lowest BCUT2D eigenvalue weighted by atomic mass is 10.2. The molecule has 8 nitrogen and oxygen atoms in total. The quantitative estimate of drug-likeness (QED) is 0.516. The van der Waals surface area contributed by atoms with Gasteiger partial charge in [0.15, 0.2) is 0 Å². The predicted molar refractivity (Wildman–Crippen MR) is 105 cm³/mol. The molecule has 11 heteroatoms. The fourth-order valence-corrected chi connectivity index (χ4v) is 5.60. The lowest BCUT2D eigenvalue weighted by Gasteiger charge is -2.02. The molecule has 0 spiro atoms. The summed E-state index contributed by atoms with van der Waals surface area (Å²) in [6.07, 6.45) is 7.45. The highest BCUT2D eigenvalue weighted by atomic mass is 32.2. The number of carbonyl (C=O) groups excluding carboxylic acids is 1. The highest BCUT2D eigenvalue weighted by molar-refractivity contribution is 7.93. The molecule has 0 aliphatic carbocycles. The second-order valence-corrected chi connectivity index (χ2v) is 9.52. The maximum Gasteiger partial charge on any atom is 0.261 e. The average molecular weight is 430 g/mol. The van der Waals surface area contributed by atoms with Gasteiger partial charge >= 0.3 is 0 Å². The van der Waals surface area contributed by atoms with Crippen molar-refractivity contribution in [1.29, 1.82) is 0 Å². The number of rotatable bonds is 5. The van der Waals surface area contributed by atoms with Gasteiger partial charge in [0.2, 0.25) is 14.2 Å². The summed E-state index contributed by atoms with van der Waals surface area (Å²) in [7, 11) is -4.00. The van der Waals surface area contributed by atoms with Crippen LogP contribution in [0.25, 0.3) is 21.8 Å². The smallest absolute Gasteiger partial charge is 0.261 e. The van der Waals surface area contributed by atoms with Crippen molar-refractivity contribution in [3.8, 4) is 21.8 Å². The Balaban J connectivity index is 1.83. The maximum atomic E-state index is 13.1. The minimum absolute atomic E-state index is 0.0359. The number of nitrogens with zero attached hydrogens (tertiary/aromatic N) is 4. The van der Waals surface area contributed by atoms with Crippen LogP contribution in [0.15, 0.2) is 63.8 Å². The molecule has 0 saturated heterocycles. The number of carbonyl (C=O) groups is 1. The molecule has 0 atom stereocenters. The molecule has 1 amide bonds. The molecule has 0 bridgehead atoms. The number of aromatic nitrogens is 4. The van der Waals surface area contributed by atoms with Crippen LogP contribution in [0.2, 0.25) is 0 Å². The Morgan fingerprint density at radius 2 is 1.82 bits per heavy atom. The fourth-order valence-electron chi connectivity index (χ4n) is 2.44. The summed E-state index contributed by atoms with van der Waals surface area (Å²) in [5.41, 5.74) is 6.78. The largest absolute Gasteiger partial charge is 0.365 e. The predicted octanol–water partition coefficient (Wildman–Crippen LogP) is 2.66. The van der Waals surface area contributed by atoms with Crippen LogP contribution in [0, 0.1) is 0 Å². The Kier molecular flexibility index (Phi) is 4.71. The van der Waals surface area contributed by atoms with Gasteiger partial charge < -0.3 is 5.73 Å². The number of amides is 1. The number of pyridine rings is 2. The van der Waals surface area contributed by atoms with E-state index in [-0.39, 0.29) is 19.8 Å².